The Balaban J connectivity index is 1.22. The highest BCUT2D eigenvalue weighted by atomic mass is 32.2. The smallest absolute Gasteiger partial charge is 0.305 e. The van der Waals surface area contributed by atoms with Gasteiger partial charge in [0.15, 0.2) is 0 Å². The van der Waals surface area contributed by atoms with Gasteiger partial charge in [-0.3, -0.25) is 76.7 Å². The maximum Gasteiger partial charge on any atom is 0.305 e. The van der Waals surface area contributed by atoms with Crippen LogP contribution in [0.5, 0.6) is 11.5 Å². The van der Waals surface area contributed by atoms with Crippen LogP contribution in [0, 0.1) is 17.7 Å². The fourth-order valence-corrected chi connectivity index (χ4v) is 15.8. The summed E-state index contributed by atoms with van der Waals surface area (Å²) in [5.41, 5.74) is 8.78. The summed E-state index contributed by atoms with van der Waals surface area (Å²) in [5.74, 6) is -18.7. The lowest BCUT2D eigenvalue weighted by Gasteiger charge is -2.37. The van der Waals surface area contributed by atoms with Crippen molar-refractivity contribution in [1.82, 2.24) is 77.3 Å². The molecule has 11 atom stereocenters. The van der Waals surface area contributed by atoms with Crippen molar-refractivity contribution in [3.8, 4) is 11.5 Å². The highest BCUT2D eigenvalue weighted by molar-refractivity contribution is 8.00. The number of primary amides is 1. The predicted octanol–water partition coefficient (Wildman–Crippen LogP) is 2.47. The van der Waals surface area contributed by atoms with Crippen molar-refractivity contribution in [3.63, 3.8) is 0 Å². The fraction of sp³-hybridized carbons (Fsp3) is 0.419. The summed E-state index contributed by atoms with van der Waals surface area (Å²) in [6, 6.07) is 23.0. The predicted molar refractivity (Wildman–Crippen MR) is 482 cm³/mol. The van der Waals surface area contributed by atoms with E-state index in [1.807, 2.05) is 6.92 Å². The maximum atomic E-state index is 15.5. The first-order valence-electron chi connectivity index (χ1n) is 42.8. The third-order valence-electron chi connectivity index (χ3n) is 22.1. The number of H-pyrrole nitrogens is 1. The van der Waals surface area contributed by atoms with E-state index in [1.165, 1.54) is 95.9 Å². The van der Waals surface area contributed by atoms with Crippen molar-refractivity contribution >= 4 is 117 Å². The van der Waals surface area contributed by atoms with Crippen molar-refractivity contribution in [2.45, 2.75) is 172 Å². The van der Waals surface area contributed by atoms with E-state index in [9.17, 15) is 62.9 Å². The zero-order chi connectivity index (χ0) is 95.2. The molecule has 0 bridgehead atoms. The third kappa shape index (κ3) is 30.5. The van der Waals surface area contributed by atoms with Crippen LogP contribution in [0.3, 0.4) is 0 Å². The molecule has 1 aliphatic rings. The van der Waals surface area contributed by atoms with E-state index in [0.29, 0.717) is 57.1 Å². The number of carbonyl (C=O) groups excluding carboxylic acids is 15. The zero-order valence-electron chi connectivity index (χ0n) is 74.4. The molecule has 1 aliphatic heterocycles. The molecule has 0 radical (unpaired) electrons. The van der Waals surface area contributed by atoms with Crippen LogP contribution in [-0.2, 0) is 115 Å². The Morgan fingerprint density at radius 3 is 1.48 bits per heavy atom. The average Bonchev–Trinajstić information content (AvgIpc) is 1.33. The molecule has 1 fully saturated rings. The summed E-state index contributed by atoms with van der Waals surface area (Å²) in [7, 11) is 6.41. The van der Waals surface area contributed by atoms with Gasteiger partial charge in [0.1, 0.15) is 83.8 Å². The summed E-state index contributed by atoms with van der Waals surface area (Å²) in [5, 5.41) is 55.4. The van der Waals surface area contributed by atoms with Crippen LogP contribution < -0.4 is 53.6 Å². The number of unbranched alkanes of at least 4 members (excludes halogenated alkanes) is 1. The number of likely N-dealkylation sites (N-methyl/N-ethyl adjacent to an activating group) is 5. The molecule has 1 aromatic heterocycles. The Labute approximate surface area is 757 Å². The standard InChI is InChI=1S/C93H117FN16O19S/c1-11-12-27-74-91(127)107(7)51-79(115)99-70(47-81(117)118)87(123)105-82(55(4)5)93(129)109(9)75(44-56-21-15-13-16-22-56)88(124)103-71(42-60-32-38-64(112)39-33-60)89(125)106(6)50-78(114)98-69(46-61-48-96-66-26-20-19-25-65(61)66)86(122)102-68(41-59-30-36-63(111)37-31-59)85(121)101-67(40-54(2)3)84(120)104-73(83(119)97-49-77(95)113)52-130-53-80(116)100-72(43-58-28-34-62(94)35-29-58)90(126)110(10)76(92(128)108(74)8)45-57-23-17-14-18-24-57/h13-26,28-39,48,54-55,67-76,82,96,111-112H,11-12,27,40-47,49-53H2,1-10H3,(H2,95,113)(H,97,119)(H,98,114)(H,99,115)(H,100,116)(H,101,121)(H,102,122)(H,103,124)(H,104,120)(H,105,123)(H,117,118)/t67-,68-,69-,70-,71-,72-,73-,74-,75-,76-,82-/m0/s1. The lowest BCUT2D eigenvalue weighted by molar-refractivity contribution is -0.151. The monoisotopic (exact) mass is 1810 g/mol. The second-order valence-electron chi connectivity index (χ2n) is 33.2. The van der Waals surface area contributed by atoms with Crippen molar-refractivity contribution in [3.05, 3.63) is 203 Å². The lowest BCUT2D eigenvalue weighted by Crippen LogP contribution is -2.61. The molecule has 6 aromatic carbocycles. The second kappa shape index (κ2) is 49.0. The Morgan fingerprint density at radius 1 is 0.477 bits per heavy atom. The Hall–Kier alpha value is -13.7. The molecule has 0 spiro atoms. The van der Waals surface area contributed by atoms with E-state index in [1.54, 1.807) is 119 Å². The molecule has 7 aromatic rings. The quantitative estimate of drug-likeness (QED) is 0.0437. The zero-order valence-corrected chi connectivity index (χ0v) is 75.2. The van der Waals surface area contributed by atoms with Crippen molar-refractivity contribution < 1.29 is 96.4 Å². The van der Waals surface area contributed by atoms with Gasteiger partial charge in [0.05, 0.1) is 31.8 Å². The summed E-state index contributed by atoms with van der Waals surface area (Å²) in [6.07, 6.45) is -0.296. The number of aromatic amines is 1. The largest absolute Gasteiger partial charge is 0.508 e. The highest BCUT2D eigenvalue weighted by Crippen LogP contribution is 2.25. The number of rotatable bonds is 23. The number of nitrogens with one attached hydrogen (secondary N) is 10. The van der Waals surface area contributed by atoms with Gasteiger partial charge in [-0.05, 0) is 101 Å². The van der Waals surface area contributed by atoms with Crippen LogP contribution in [0.15, 0.2) is 164 Å². The van der Waals surface area contributed by atoms with Gasteiger partial charge in [-0.15, -0.1) is 11.8 Å². The Morgan fingerprint density at radius 2 is 0.931 bits per heavy atom. The first-order chi connectivity index (χ1) is 61.8. The molecule has 37 heteroatoms. The van der Waals surface area contributed by atoms with Crippen molar-refractivity contribution in [2.75, 3.05) is 66.4 Å². The molecule has 0 aliphatic carbocycles. The number of nitrogens with two attached hydrogens (primary N) is 1. The van der Waals surface area contributed by atoms with Gasteiger partial charge in [-0.25, -0.2) is 4.39 Å². The number of para-hydroxylation sites is 1. The number of benzene rings is 6. The van der Waals surface area contributed by atoms with E-state index in [4.69, 9.17) is 5.73 Å². The van der Waals surface area contributed by atoms with Gasteiger partial charge < -0.3 is 98.4 Å². The number of amides is 15. The first kappa shape index (κ1) is 102. The second-order valence-corrected chi connectivity index (χ2v) is 34.2. The van der Waals surface area contributed by atoms with Crippen LogP contribution in [-0.4, -0.2) is 272 Å². The van der Waals surface area contributed by atoms with E-state index in [0.717, 1.165) is 48.4 Å². The molecular formula is C93H117FN16O19S. The number of thioether (sulfide) groups is 1. The van der Waals surface area contributed by atoms with Gasteiger partial charge in [-0.1, -0.05) is 163 Å². The minimum Gasteiger partial charge on any atom is -0.508 e. The normalized spacial score (nSPS) is 21.8. The van der Waals surface area contributed by atoms with Gasteiger partial charge in [-0.2, -0.15) is 0 Å². The number of phenols is 2. The number of carboxylic acids is 1. The third-order valence-corrected chi connectivity index (χ3v) is 23.2. The highest BCUT2D eigenvalue weighted by Gasteiger charge is 2.42. The number of aromatic hydroxyl groups is 2. The first-order valence-corrected chi connectivity index (χ1v) is 43.9. The van der Waals surface area contributed by atoms with E-state index in [-0.39, 0.29) is 68.8 Å². The summed E-state index contributed by atoms with van der Waals surface area (Å²) in [6.45, 7) is 6.04. The Kier molecular flexibility index (Phi) is 38.3. The summed E-state index contributed by atoms with van der Waals surface area (Å²) < 4.78 is 14.6. The molecule has 2 heterocycles. The molecule has 8 rings (SSSR count). The van der Waals surface area contributed by atoms with Crippen LogP contribution >= 0.6 is 11.8 Å². The molecule has 15 N–H and O–H groups in total. The number of aliphatic carboxylic acids is 1. The number of hydrogen-bond acceptors (Lipinski definition) is 19. The van der Waals surface area contributed by atoms with Crippen LogP contribution in [0.4, 0.5) is 4.39 Å². The molecular weight excluding hydrogens is 1700 g/mol. The molecule has 15 amide bonds. The number of nitrogens with zero attached hydrogens (tertiary/aromatic N) is 5. The van der Waals surface area contributed by atoms with Gasteiger partial charge in [0.2, 0.25) is 88.6 Å². The summed E-state index contributed by atoms with van der Waals surface area (Å²) >= 11 is 0.781. The Bertz CT molecular complexity index is 5130. The van der Waals surface area contributed by atoms with Crippen LogP contribution in [0.25, 0.3) is 10.9 Å². The number of hydrogen-bond donors (Lipinski definition) is 14. The van der Waals surface area contributed by atoms with Crippen LogP contribution in [0.2, 0.25) is 0 Å². The number of aromatic nitrogens is 1. The van der Waals surface area contributed by atoms with E-state index < -0.39 is 210 Å². The molecule has 130 heavy (non-hydrogen) atoms. The molecule has 0 saturated carbocycles. The number of phenolic OH excluding ortho intramolecular Hbond substituents is 2. The minimum atomic E-state index is -1.92. The number of carboxylic acid groups (broad SMARTS) is 1. The number of fused-ring (bicyclic) bond motifs is 1. The van der Waals surface area contributed by atoms with Gasteiger partial charge >= 0.3 is 5.97 Å². The SMILES string of the molecule is CCCC[C@H]1C(=O)N(C)CC(=O)N[C@@H](CC(=O)O)C(=O)N[C@@H](C(C)C)C(=O)N(C)[C@@H](Cc2ccccc2)C(=O)N[C@@H](Cc2ccc(O)cc2)C(=O)N(C)CC(=O)N[C@@H](Cc2c[nH]c3ccccc23)C(=O)N[C@@H](Cc2ccc(O)cc2)C(=O)N[C@@H](CC(C)C)C(=O)N[C@H](C(=O)NCC(N)=O)CSCC(=O)N[C@@H](Cc2ccc(F)cc2)C(=O)N(C)[C@@H](Cc2ccccc2)C(=O)N1C. The summed E-state index contributed by atoms with van der Waals surface area (Å²) in [4.78, 5) is 243. The maximum absolute atomic E-state index is 15.5. The topological polar surface area (TPSA) is 500 Å². The van der Waals surface area contributed by atoms with E-state index >= 15 is 33.6 Å². The molecule has 0 unspecified atom stereocenters. The lowest BCUT2D eigenvalue weighted by atomic mass is 9.98. The number of halogens is 1. The average molecular weight is 1810 g/mol. The van der Waals surface area contributed by atoms with Crippen LogP contribution in [0.1, 0.15) is 100 Å². The number of carbonyl (C=O) groups is 16. The molecule has 1 saturated heterocycles. The van der Waals surface area contributed by atoms with Gasteiger partial charge in [0.25, 0.3) is 0 Å². The fourth-order valence-electron chi connectivity index (χ4n) is 15.0. The van der Waals surface area contributed by atoms with Crippen molar-refractivity contribution in [1.29, 1.82) is 0 Å². The molecule has 696 valence electrons. The van der Waals surface area contributed by atoms with Crippen molar-refractivity contribution in [2.24, 2.45) is 17.6 Å². The van der Waals surface area contributed by atoms with Gasteiger partial charge in [0, 0.05) is 96.6 Å². The van der Waals surface area contributed by atoms with E-state index in [2.05, 4.69) is 52.8 Å². The minimum absolute atomic E-state index is 0.00129. The molecule has 35 nitrogen and oxygen atoms in total.